The summed E-state index contributed by atoms with van der Waals surface area (Å²) in [6.07, 6.45) is 3.48. The summed E-state index contributed by atoms with van der Waals surface area (Å²) in [5, 5.41) is 0. The number of hydrogen-bond acceptors (Lipinski definition) is 2. The van der Waals surface area contributed by atoms with Gasteiger partial charge in [-0.15, -0.1) is 0 Å². The lowest BCUT2D eigenvalue weighted by Crippen LogP contribution is -2.66. The van der Waals surface area contributed by atoms with E-state index in [1.54, 1.807) is 6.92 Å². The minimum absolute atomic E-state index is 0.218. The Morgan fingerprint density at radius 2 is 1.63 bits per heavy atom. The van der Waals surface area contributed by atoms with Crippen LogP contribution in [0.15, 0.2) is 54.6 Å². The summed E-state index contributed by atoms with van der Waals surface area (Å²) in [6, 6.07) is 20.7. The highest BCUT2D eigenvalue weighted by molar-refractivity contribution is 5.73. The molecule has 27 heavy (non-hydrogen) atoms. The zero-order valence-corrected chi connectivity index (χ0v) is 16.5. The molecule has 2 aliphatic heterocycles. The van der Waals surface area contributed by atoms with Crippen molar-refractivity contribution in [3.8, 4) is 11.1 Å². The standard InChI is InChI=1S/C24H30N2O/c1-3-22-24(23-17-25(18(2)27)15-7-8-16-26(22)23)21-13-11-20(12-14-21)19-9-5-4-6-10-19/h4-6,9-14,22-24H,3,7-8,15-17H2,1-2H3. The molecule has 2 saturated heterocycles. The van der Waals surface area contributed by atoms with Crippen LogP contribution < -0.4 is 0 Å². The van der Waals surface area contributed by atoms with Gasteiger partial charge in [-0.3, -0.25) is 9.69 Å². The van der Waals surface area contributed by atoms with Crippen LogP contribution in [0.5, 0.6) is 0 Å². The quantitative estimate of drug-likeness (QED) is 0.800. The van der Waals surface area contributed by atoms with Gasteiger partial charge < -0.3 is 4.90 Å². The zero-order valence-electron chi connectivity index (χ0n) is 16.5. The van der Waals surface area contributed by atoms with Gasteiger partial charge >= 0.3 is 0 Å². The molecule has 2 fully saturated rings. The predicted octanol–water partition coefficient (Wildman–Crippen LogP) is 4.54. The number of rotatable bonds is 3. The van der Waals surface area contributed by atoms with E-state index in [4.69, 9.17) is 0 Å². The van der Waals surface area contributed by atoms with Gasteiger partial charge in [0, 0.05) is 38.0 Å². The molecular formula is C24H30N2O. The van der Waals surface area contributed by atoms with Crippen molar-refractivity contribution in [2.24, 2.45) is 0 Å². The predicted molar refractivity (Wildman–Crippen MR) is 111 cm³/mol. The molecule has 0 aliphatic carbocycles. The molecule has 3 heteroatoms. The minimum Gasteiger partial charge on any atom is -0.341 e. The van der Waals surface area contributed by atoms with E-state index >= 15 is 0 Å². The molecule has 0 radical (unpaired) electrons. The maximum Gasteiger partial charge on any atom is 0.219 e. The summed E-state index contributed by atoms with van der Waals surface area (Å²) in [7, 11) is 0. The van der Waals surface area contributed by atoms with Crippen LogP contribution in [0.3, 0.4) is 0 Å². The Morgan fingerprint density at radius 3 is 2.30 bits per heavy atom. The van der Waals surface area contributed by atoms with Crippen LogP contribution >= 0.6 is 0 Å². The fourth-order valence-corrected chi connectivity index (χ4v) is 5.02. The number of nitrogens with zero attached hydrogens (tertiary/aromatic N) is 2. The van der Waals surface area contributed by atoms with Crippen LogP contribution in [0.25, 0.3) is 11.1 Å². The lowest BCUT2D eigenvalue weighted by Gasteiger charge is -2.57. The van der Waals surface area contributed by atoms with E-state index < -0.39 is 0 Å². The number of amides is 1. The monoisotopic (exact) mass is 362 g/mol. The number of hydrogen-bond donors (Lipinski definition) is 0. The third kappa shape index (κ3) is 3.53. The third-order valence-corrected chi connectivity index (χ3v) is 6.45. The van der Waals surface area contributed by atoms with E-state index in [0.29, 0.717) is 18.0 Å². The van der Waals surface area contributed by atoms with Crippen molar-refractivity contribution >= 4 is 5.91 Å². The molecule has 0 bridgehead atoms. The van der Waals surface area contributed by atoms with E-state index in [1.807, 2.05) is 0 Å². The Kier molecular flexibility index (Phi) is 5.31. The number of benzene rings is 2. The normalized spacial score (nSPS) is 25.9. The smallest absolute Gasteiger partial charge is 0.219 e. The third-order valence-electron chi connectivity index (χ3n) is 6.45. The molecule has 0 aromatic heterocycles. The summed E-state index contributed by atoms with van der Waals surface area (Å²) in [5.74, 6) is 0.745. The number of carbonyl (C=O) groups excluding carboxylic acids is 1. The average Bonchev–Trinajstić information content (AvgIpc) is 2.67. The molecule has 1 amide bonds. The topological polar surface area (TPSA) is 23.6 Å². The Balaban J connectivity index is 1.58. The van der Waals surface area contributed by atoms with Crippen LogP contribution in [0.1, 0.15) is 44.6 Å². The maximum atomic E-state index is 12.0. The Labute approximate surface area is 163 Å². The largest absolute Gasteiger partial charge is 0.341 e. The highest BCUT2D eigenvalue weighted by Crippen LogP contribution is 2.43. The second-order valence-corrected chi connectivity index (χ2v) is 7.97. The summed E-state index contributed by atoms with van der Waals surface area (Å²) in [6.45, 7) is 6.97. The fourth-order valence-electron chi connectivity index (χ4n) is 5.02. The molecule has 3 unspecified atom stereocenters. The van der Waals surface area contributed by atoms with Crippen molar-refractivity contribution in [3.63, 3.8) is 0 Å². The van der Waals surface area contributed by atoms with Crippen molar-refractivity contribution in [2.75, 3.05) is 19.6 Å². The van der Waals surface area contributed by atoms with Crippen molar-refractivity contribution in [1.29, 1.82) is 0 Å². The SMILES string of the molecule is CCC1C(c2ccc(-c3ccccc3)cc2)C2CN(C(C)=O)CCCCN12. The second kappa shape index (κ2) is 7.85. The first-order chi connectivity index (χ1) is 13.2. The van der Waals surface area contributed by atoms with Crippen LogP contribution in [-0.2, 0) is 4.79 Å². The molecule has 0 N–H and O–H groups in total. The average molecular weight is 363 g/mol. The first kappa shape index (κ1) is 18.2. The molecule has 3 atom stereocenters. The maximum absolute atomic E-state index is 12.0. The highest BCUT2D eigenvalue weighted by atomic mass is 16.2. The van der Waals surface area contributed by atoms with Gasteiger partial charge in [-0.05, 0) is 42.5 Å². The van der Waals surface area contributed by atoms with Crippen LogP contribution in [0.2, 0.25) is 0 Å². The molecule has 3 nitrogen and oxygen atoms in total. The van der Waals surface area contributed by atoms with Crippen molar-refractivity contribution in [3.05, 3.63) is 60.2 Å². The molecule has 0 spiro atoms. The summed E-state index contributed by atoms with van der Waals surface area (Å²) in [5.41, 5.74) is 3.96. The van der Waals surface area contributed by atoms with Gasteiger partial charge in [0.2, 0.25) is 5.91 Å². The first-order valence-corrected chi connectivity index (χ1v) is 10.4. The molecule has 2 aliphatic rings. The molecule has 142 valence electrons. The van der Waals surface area contributed by atoms with Gasteiger partial charge in [-0.2, -0.15) is 0 Å². The van der Waals surface area contributed by atoms with Crippen molar-refractivity contribution in [2.45, 2.75) is 51.1 Å². The van der Waals surface area contributed by atoms with Crippen molar-refractivity contribution in [1.82, 2.24) is 9.80 Å². The number of carbonyl (C=O) groups is 1. The van der Waals surface area contributed by atoms with Crippen LogP contribution in [0, 0.1) is 0 Å². The molecular weight excluding hydrogens is 332 g/mol. The minimum atomic E-state index is 0.218. The summed E-state index contributed by atoms with van der Waals surface area (Å²) < 4.78 is 0. The van der Waals surface area contributed by atoms with Gasteiger partial charge in [0.25, 0.3) is 0 Å². The van der Waals surface area contributed by atoms with E-state index in [0.717, 1.165) is 19.5 Å². The highest BCUT2D eigenvalue weighted by Gasteiger charge is 2.48. The lowest BCUT2D eigenvalue weighted by molar-refractivity contribution is -0.133. The summed E-state index contributed by atoms with van der Waals surface area (Å²) in [4.78, 5) is 16.8. The van der Waals surface area contributed by atoms with Gasteiger partial charge in [0.1, 0.15) is 0 Å². The van der Waals surface area contributed by atoms with Gasteiger partial charge in [0.15, 0.2) is 0 Å². The molecule has 2 aromatic rings. The lowest BCUT2D eigenvalue weighted by atomic mass is 9.73. The Hall–Kier alpha value is -2.13. The van der Waals surface area contributed by atoms with E-state index in [-0.39, 0.29) is 5.91 Å². The van der Waals surface area contributed by atoms with E-state index in [9.17, 15) is 4.79 Å². The second-order valence-electron chi connectivity index (χ2n) is 7.97. The Morgan fingerprint density at radius 1 is 0.963 bits per heavy atom. The zero-order chi connectivity index (χ0) is 18.8. The van der Waals surface area contributed by atoms with E-state index in [2.05, 4.69) is 71.3 Å². The van der Waals surface area contributed by atoms with Gasteiger partial charge in [0.05, 0.1) is 0 Å². The fraction of sp³-hybridized carbons (Fsp3) is 0.458. The molecule has 4 rings (SSSR count). The molecule has 2 heterocycles. The van der Waals surface area contributed by atoms with Crippen LogP contribution in [0.4, 0.5) is 0 Å². The Bertz CT molecular complexity index is 771. The van der Waals surface area contributed by atoms with Gasteiger partial charge in [-0.1, -0.05) is 61.5 Å². The summed E-state index contributed by atoms with van der Waals surface area (Å²) >= 11 is 0. The van der Waals surface area contributed by atoms with Crippen molar-refractivity contribution < 1.29 is 4.79 Å². The molecule has 0 saturated carbocycles. The molecule has 2 aromatic carbocycles. The van der Waals surface area contributed by atoms with Gasteiger partial charge in [-0.25, -0.2) is 0 Å². The first-order valence-electron chi connectivity index (χ1n) is 10.4. The van der Waals surface area contributed by atoms with Crippen LogP contribution in [-0.4, -0.2) is 47.4 Å². The van der Waals surface area contributed by atoms with E-state index in [1.165, 1.54) is 36.1 Å². The number of fused-ring (bicyclic) bond motifs is 1.